The van der Waals surface area contributed by atoms with Crippen molar-refractivity contribution in [2.24, 2.45) is 0 Å². The maximum atomic E-state index is 12.0. The van der Waals surface area contributed by atoms with Crippen molar-refractivity contribution in [1.29, 1.82) is 0 Å². The van der Waals surface area contributed by atoms with Crippen molar-refractivity contribution in [3.8, 4) is 0 Å². The summed E-state index contributed by atoms with van der Waals surface area (Å²) < 4.78 is 28.5. The highest BCUT2D eigenvalue weighted by molar-refractivity contribution is 7.92. The van der Waals surface area contributed by atoms with E-state index in [-0.39, 0.29) is 11.3 Å². The van der Waals surface area contributed by atoms with Gasteiger partial charge in [0.1, 0.15) is 0 Å². The van der Waals surface area contributed by atoms with Gasteiger partial charge in [-0.1, -0.05) is 11.6 Å². The van der Waals surface area contributed by atoms with Crippen molar-refractivity contribution < 1.29 is 17.9 Å². The van der Waals surface area contributed by atoms with E-state index in [9.17, 15) is 13.2 Å². The molecule has 1 aromatic rings. The average molecular weight is 277 g/mol. The predicted octanol–water partition coefficient (Wildman–Crippen LogP) is 2.07. The fourth-order valence-corrected chi connectivity index (χ4v) is 2.75. The second-order valence-electron chi connectivity index (χ2n) is 3.59. The van der Waals surface area contributed by atoms with E-state index in [0.717, 1.165) is 0 Å². The van der Waals surface area contributed by atoms with E-state index in [0.29, 0.717) is 5.02 Å². The molecule has 0 aliphatic carbocycles. The Morgan fingerprint density at radius 2 is 1.88 bits per heavy atom. The molecule has 0 radical (unpaired) electrons. The Balaban J connectivity index is 2.95. The van der Waals surface area contributed by atoms with Gasteiger partial charge in [-0.3, -0.25) is 4.79 Å². The summed E-state index contributed by atoms with van der Waals surface area (Å²) >= 11 is 5.68. The molecule has 0 N–H and O–H groups in total. The molecule has 1 unspecified atom stereocenters. The van der Waals surface area contributed by atoms with Crippen LogP contribution in [-0.4, -0.2) is 26.7 Å². The van der Waals surface area contributed by atoms with Gasteiger partial charge in [0.15, 0.2) is 9.84 Å². The molecule has 4 nitrogen and oxygen atoms in total. The van der Waals surface area contributed by atoms with Gasteiger partial charge in [0.05, 0.1) is 23.7 Å². The van der Waals surface area contributed by atoms with Crippen LogP contribution in [0.2, 0.25) is 5.02 Å². The topological polar surface area (TPSA) is 60.4 Å². The van der Waals surface area contributed by atoms with E-state index in [2.05, 4.69) is 4.74 Å². The lowest BCUT2D eigenvalue weighted by Gasteiger charge is -2.11. The highest BCUT2D eigenvalue weighted by Gasteiger charge is 2.25. The molecule has 6 heteroatoms. The van der Waals surface area contributed by atoms with Crippen LogP contribution in [0, 0.1) is 0 Å². The molecule has 0 aliphatic heterocycles. The van der Waals surface area contributed by atoms with E-state index >= 15 is 0 Å². The first-order chi connectivity index (χ1) is 7.87. The summed E-state index contributed by atoms with van der Waals surface area (Å²) in [5, 5.41) is -0.360. The minimum absolute atomic E-state index is 0.151. The number of methoxy groups -OCH3 is 1. The van der Waals surface area contributed by atoms with E-state index in [1.165, 1.54) is 38.3 Å². The zero-order valence-corrected chi connectivity index (χ0v) is 11.1. The number of sulfone groups is 1. The van der Waals surface area contributed by atoms with E-state index in [1.54, 1.807) is 0 Å². The first-order valence-electron chi connectivity index (χ1n) is 4.94. The maximum absolute atomic E-state index is 12.0. The summed E-state index contributed by atoms with van der Waals surface area (Å²) in [7, 11) is -2.29. The van der Waals surface area contributed by atoms with Crippen LogP contribution in [0.3, 0.4) is 0 Å². The summed E-state index contributed by atoms with van der Waals surface area (Å²) in [5.74, 6) is -0.546. The lowest BCUT2D eigenvalue weighted by molar-refractivity contribution is -0.140. The second-order valence-corrected chi connectivity index (χ2v) is 6.39. The molecule has 1 aromatic carbocycles. The third kappa shape index (κ3) is 3.44. The first-order valence-corrected chi connectivity index (χ1v) is 6.86. The quantitative estimate of drug-likeness (QED) is 0.790. The Morgan fingerprint density at radius 1 is 1.35 bits per heavy atom. The van der Waals surface area contributed by atoms with E-state index in [4.69, 9.17) is 11.6 Å². The molecule has 1 rings (SSSR count). The summed E-state index contributed by atoms with van der Waals surface area (Å²) in [6.07, 6.45) is -0.165. The normalized spacial score (nSPS) is 13.1. The highest BCUT2D eigenvalue weighted by Crippen LogP contribution is 2.20. The van der Waals surface area contributed by atoms with Gasteiger partial charge in [0.2, 0.25) is 0 Å². The minimum atomic E-state index is -3.52. The number of carbonyl (C=O) groups is 1. The van der Waals surface area contributed by atoms with Crippen LogP contribution in [0.15, 0.2) is 29.2 Å². The summed E-state index contributed by atoms with van der Waals surface area (Å²) in [6.45, 7) is 1.47. The van der Waals surface area contributed by atoms with Crippen molar-refractivity contribution in [3.05, 3.63) is 29.3 Å². The lowest BCUT2D eigenvalue weighted by Crippen LogP contribution is -2.22. The van der Waals surface area contributed by atoms with Crippen molar-refractivity contribution in [3.63, 3.8) is 0 Å². The number of benzene rings is 1. The Hall–Kier alpha value is -1.07. The number of hydrogen-bond donors (Lipinski definition) is 0. The van der Waals surface area contributed by atoms with Crippen LogP contribution in [0.5, 0.6) is 0 Å². The van der Waals surface area contributed by atoms with Gasteiger partial charge in [-0.15, -0.1) is 0 Å². The Morgan fingerprint density at radius 3 is 2.35 bits per heavy atom. The maximum Gasteiger partial charge on any atom is 0.306 e. The molecule has 0 saturated carbocycles. The van der Waals surface area contributed by atoms with Gasteiger partial charge >= 0.3 is 5.97 Å². The molecule has 94 valence electrons. The van der Waals surface area contributed by atoms with Crippen LogP contribution >= 0.6 is 11.6 Å². The molecular weight excluding hydrogens is 264 g/mol. The standard InChI is InChI=1S/C11H13ClO4S/c1-8(7-11(13)16-2)17(14,15)10-5-3-9(12)4-6-10/h3-6,8H,7H2,1-2H3. The van der Waals surface area contributed by atoms with Crippen LogP contribution < -0.4 is 0 Å². The summed E-state index contributed by atoms with van der Waals surface area (Å²) in [4.78, 5) is 11.2. The number of halogens is 1. The Bertz CT molecular complexity index is 493. The van der Waals surface area contributed by atoms with Gasteiger partial charge < -0.3 is 4.74 Å². The molecule has 17 heavy (non-hydrogen) atoms. The van der Waals surface area contributed by atoms with E-state index in [1.807, 2.05) is 0 Å². The Kier molecular flexibility index (Phi) is 4.54. The molecule has 0 amide bonds. The number of ether oxygens (including phenoxy) is 1. The molecule has 1 atom stereocenters. The summed E-state index contributed by atoms with van der Waals surface area (Å²) in [6, 6.07) is 5.84. The summed E-state index contributed by atoms with van der Waals surface area (Å²) in [5.41, 5.74) is 0. The number of hydrogen-bond acceptors (Lipinski definition) is 4. The van der Waals surface area contributed by atoms with Crippen LogP contribution in [0.1, 0.15) is 13.3 Å². The number of esters is 1. The molecular formula is C11H13ClO4S. The molecule has 0 saturated heterocycles. The van der Waals surface area contributed by atoms with Gasteiger partial charge in [0, 0.05) is 5.02 Å². The number of rotatable bonds is 4. The average Bonchev–Trinajstić information content (AvgIpc) is 2.29. The van der Waals surface area contributed by atoms with Crippen molar-refractivity contribution in [1.82, 2.24) is 0 Å². The monoisotopic (exact) mass is 276 g/mol. The zero-order valence-electron chi connectivity index (χ0n) is 9.51. The molecule has 0 heterocycles. The lowest BCUT2D eigenvalue weighted by atomic mass is 10.3. The van der Waals surface area contributed by atoms with Gasteiger partial charge in [-0.05, 0) is 31.2 Å². The van der Waals surface area contributed by atoms with Crippen molar-refractivity contribution in [2.45, 2.75) is 23.5 Å². The van der Waals surface area contributed by atoms with Crippen LogP contribution in [0.25, 0.3) is 0 Å². The second kappa shape index (κ2) is 5.51. The van der Waals surface area contributed by atoms with Crippen molar-refractivity contribution in [2.75, 3.05) is 7.11 Å². The Labute approximate surface area is 105 Å². The molecule has 0 aromatic heterocycles. The molecule has 0 fully saturated rings. The van der Waals surface area contributed by atoms with Gasteiger partial charge in [-0.25, -0.2) is 8.42 Å². The molecule has 0 bridgehead atoms. The van der Waals surface area contributed by atoms with Crippen LogP contribution in [-0.2, 0) is 19.4 Å². The van der Waals surface area contributed by atoms with Crippen LogP contribution in [0.4, 0.5) is 0 Å². The minimum Gasteiger partial charge on any atom is -0.469 e. The third-order valence-corrected chi connectivity index (χ3v) is 4.76. The first kappa shape index (κ1) is 14.0. The fraction of sp³-hybridized carbons (Fsp3) is 0.364. The molecule has 0 aliphatic rings. The van der Waals surface area contributed by atoms with E-state index < -0.39 is 21.1 Å². The zero-order chi connectivity index (χ0) is 13.1. The fourth-order valence-electron chi connectivity index (χ4n) is 1.28. The third-order valence-electron chi connectivity index (χ3n) is 2.35. The number of carbonyl (C=O) groups excluding carboxylic acids is 1. The smallest absolute Gasteiger partial charge is 0.306 e. The predicted molar refractivity (Wildman–Crippen MR) is 64.7 cm³/mol. The highest BCUT2D eigenvalue weighted by atomic mass is 35.5. The van der Waals surface area contributed by atoms with Crippen molar-refractivity contribution >= 4 is 27.4 Å². The molecule has 0 spiro atoms. The van der Waals surface area contributed by atoms with Gasteiger partial charge in [-0.2, -0.15) is 0 Å². The SMILES string of the molecule is COC(=O)CC(C)S(=O)(=O)c1ccc(Cl)cc1. The largest absolute Gasteiger partial charge is 0.469 e. The van der Waals surface area contributed by atoms with Gasteiger partial charge in [0.25, 0.3) is 0 Å².